The predicted octanol–water partition coefficient (Wildman–Crippen LogP) is 0.918. The van der Waals surface area contributed by atoms with Crippen molar-refractivity contribution < 1.29 is 18.3 Å². The largest absolute Gasteiger partial charge is 0.385 e. The molecule has 0 aliphatic rings. The molecule has 0 saturated carbocycles. The van der Waals surface area contributed by atoms with Crippen molar-refractivity contribution in [2.24, 2.45) is 0 Å². The molecule has 0 aliphatic heterocycles. The van der Waals surface area contributed by atoms with Crippen molar-refractivity contribution in [2.45, 2.75) is 19.5 Å². The Kier molecular flexibility index (Phi) is 5.48. The number of rotatable bonds is 7. The fourth-order valence-corrected chi connectivity index (χ4v) is 1.81. The van der Waals surface area contributed by atoms with Crippen LogP contribution in [0.2, 0.25) is 0 Å². The molecule has 0 saturated heterocycles. The van der Waals surface area contributed by atoms with Crippen molar-refractivity contribution in [3.8, 4) is 0 Å². The van der Waals surface area contributed by atoms with Gasteiger partial charge in [0.25, 0.3) is 5.91 Å². The number of pyridine rings is 1. The minimum Gasteiger partial charge on any atom is -0.385 e. The number of aromatic nitrogens is 4. The summed E-state index contributed by atoms with van der Waals surface area (Å²) in [4.78, 5) is 15.3. The first-order chi connectivity index (χ1) is 10.6. The quantitative estimate of drug-likeness (QED) is 0.769. The van der Waals surface area contributed by atoms with E-state index < -0.39 is 23.2 Å². The van der Waals surface area contributed by atoms with Gasteiger partial charge in [-0.25, -0.2) is 13.8 Å². The smallest absolute Gasteiger partial charge is 0.273 e. The van der Waals surface area contributed by atoms with Crippen LogP contribution >= 0.6 is 0 Å². The maximum absolute atomic E-state index is 13.4. The zero-order valence-corrected chi connectivity index (χ0v) is 11.9. The summed E-state index contributed by atoms with van der Waals surface area (Å²) in [5, 5.41) is 10.1. The average Bonchev–Trinajstić information content (AvgIpc) is 2.92. The van der Waals surface area contributed by atoms with Gasteiger partial charge < -0.3 is 14.6 Å². The van der Waals surface area contributed by atoms with E-state index in [1.165, 1.54) is 6.33 Å². The number of aryl methyl sites for hydroxylation is 1. The average molecular weight is 311 g/mol. The fraction of sp³-hybridized carbons (Fsp3) is 0.385. The molecule has 0 fully saturated rings. The van der Waals surface area contributed by atoms with Crippen molar-refractivity contribution in [2.75, 3.05) is 13.7 Å². The zero-order valence-electron chi connectivity index (χ0n) is 11.9. The molecule has 0 aromatic carbocycles. The number of methoxy groups -OCH3 is 1. The standard InChI is InChI=1S/C13H15F2N5O2/c1-22-4-2-3-20-8-18-19-11(20)7-17-13(21)12-10(15)5-9(14)6-16-12/h5-6,8H,2-4,7H2,1H3,(H,17,21). The molecule has 2 aromatic heterocycles. The van der Waals surface area contributed by atoms with Crippen molar-refractivity contribution in [1.82, 2.24) is 25.1 Å². The lowest BCUT2D eigenvalue weighted by Crippen LogP contribution is -2.26. The molecule has 7 nitrogen and oxygen atoms in total. The lowest BCUT2D eigenvalue weighted by Gasteiger charge is -2.07. The minimum absolute atomic E-state index is 0.0598. The Hall–Kier alpha value is -2.42. The number of ether oxygens (including phenoxy) is 1. The maximum Gasteiger partial charge on any atom is 0.273 e. The first-order valence-corrected chi connectivity index (χ1v) is 6.56. The Balaban J connectivity index is 1.95. The van der Waals surface area contributed by atoms with E-state index in [-0.39, 0.29) is 6.54 Å². The first-order valence-electron chi connectivity index (χ1n) is 6.56. The molecule has 118 valence electrons. The van der Waals surface area contributed by atoms with Gasteiger partial charge in [0.05, 0.1) is 12.7 Å². The van der Waals surface area contributed by atoms with Gasteiger partial charge >= 0.3 is 0 Å². The van der Waals surface area contributed by atoms with Crippen molar-refractivity contribution in [1.29, 1.82) is 0 Å². The summed E-state index contributed by atoms with van der Waals surface area (Å²) in [7, 11) is 1.61. The van der Waals surface area contributed by atoms with Gasteiger partial charge in [-0.3, -0.25) is 4.79 Å². The molecule has 2 aromatic rings. The summed E-state index contributed by atoms with van der Waals surface area (Å²) >= 11 is 0. The van der Waals surface area contributed by atoms with E-state index in [1.54, 1.807) is 11.7 Å². The molecule has 2 heterocycles. The third-order valence-electron chi connectivity index (χ3n) is 2.87. The molecular formula is C13H15F2N5O2. The van der Waals surface area contributed by atoms with Crippen LogP contribution in [0.5, 0.6) is 0 Å². The number of amides is 1. The summed E-state index contributed by atoms with van der Waals surface area (Å²) in [6.45, 7) is 1.29. The zero-order chi connectivity index (χ0) is 15.9. The Bertz CT molecular complexity index is 647. The Morgan fingerprint density at radius 3 is 3.00 bits per heavy atom. The molecule has 1 amide bonds. The normalized spacial score (nSPS) is 10.7. The highest BCUT2D eigenvalue weighted by Gasteiger charge is 2.15. The van der Waals surface area contributed by atoms with Gasteiger partial charge in [-0.1, -0.05) is 0 Å². The topological polar surface area (TPSA) is 81.9 Å². The number of carbonyl (C=O) groups is 1. The molecule has 0 atom stereocenters. The van der Waals surface area contributed by atoms with E-state index in [2.05, 4.69) is 20.5 Å². The number of halogens is 2. The second-order valence-electron chi connectivity index (χ2n) is 4.45. The summed E-state index contributed by atoms with van der Waals surface area (Å²) in [5.41, 5.74) is -0.466. The lowest BCUT2D eigenvalue weighted by atomic mass is 10.3. The van der Waals surface area contributed by atoms with Gasteiger partial charge in [0, 0.05) is 26.3 Å². The van der Waals surface area contributed by atoms with Crippen molar-refractivity contribution >= 4 is 5.91 Å². The summed E-state index contributed by atoms with van der Waals surface area (Å²) in [6.07, 6.45) is 3.09. The highest BCUT2D eigenvalue weighted by atomic mass is 19.1. The van der Waals surface area contributed by atoms with Crippen LogP contribution in [0.15, 0.2) is 18.6 Å². The fourth-order valence-electron chi connectivity index (χ4n) is 1.81. The molecule has 0 spiro atoms. The minimum atomic E-state index is -1.01. The van der Waals surface area contributed by atoms with Crippen molar-refractivity contribution in [3.63, 3.8) is 0 Å². The highest BCUT2D eigenvalue weighted by molar-refractivity contribution is 5.92. The van der Waals surface area contributed by atoms with E-state index in [1.807, 2.05) is 0 Å². The molecule has 0 radical (unpaired) electrons. The van der Waals surface area contributed by atoms with Gasteiger partial charge in [-0.05, 0) is 6.42 Å². The number of nitrogens with one attached hydrogen (secondary N) is 1. The van der Waals surface area contributed by atoms with Crippen LogP contribution in [0.25, 0.3) is 0 Å². The Labute approximate surface area is 125 Å². The second kappa shape index (κ2) is 7.55. The van der Waals surface area contributed by atoms with Crippen LogP contribution in [0, 0.1) is 11.6 Å². The first kappa shape index (κ1) is 16.0. The summed E-state index contributed by atoms with van der Waals surface area (Å²) < 4.78 is 32.9. The van der Waals surface area contributed by atoms with Crippen LogP contribution in [-0.2, 0) is 17.8 Å². The van der Waals surface area contributed by atoms with Crippen LogP contribution < -0.4 is 5.32 Å². The number of hydrogen-bond donors (Lipinski definition) is 1. The van der Waals surface area contributed by atoms with Gasteiger partial charge in [-0.15, -0.1) is 10.2 Å². The third kappa shape index (κ3) is 4.04. The number of nitrogens with zero attached hydrogens (tertiary/aromatic N) is 4. The summed E-state index contributed by atoms with van der Waals surface area (Å²) in [6, 6.07) is 0.606. The molecule has 1 N–H and O–H groups in total. The Morgan fingerprint density at radius 2 is 2.27 bits per heavy atom. The van der Waals surface area contributed by atoms with Gasteiger partial charge in [-0.2, -0.15) is 0 Å². The van der Waals surface area contributed by atoms with E-state index >= 15 is 0 Å². The van der Waals surface area contributed by atoms with Crippen molar-refractivity contribution in [3.05, 3.63) is 41.7 Å². The van der Waals surface area contributed by atoms with E-state index in [0.29, 0.717) is 25.0 Å². The highest BCUT2D eigenvalue weighted by Crippen LogP contribution is 2.06. The maximum atomic E-state index is 13.4. The van der Waals surface area contributed by atoms with Crippen LogP contribution in [0.1, 0.15) is 22.7 Å². The SMILES string of the molecule is COCCCn1cnnc1CNC(=O)c1ncc(F)cc1F. The summed E-state index contributed by atoms with van der Waals surface area (Å²) in [5.74, 6) is -2.08. The second-order valence-corrected chi connectivity index (χ2v) is 4.45. The lowest BCUT2D eigenvalue weighted by molar-refractivity contribution is 0.0939. The van der Waals surface area contributed by atoms with E-state index in [4.69, 9.17) is 4.74 Å². The molecule has 0 unspecified atom stereocenters. The molecule has 22 heavy (non-hydrogen) atoms. The molecule has 9 heteroatoms. The Morgan fingerprint density at radius 1 is 1.45 bits per heavy atom. The molecule has 0 bridgehead atoms. The monoisotopic (exact) mass is 311 g/mol. The molecule has 2 rings (SSSR count). The van der Waals surface area contributed by atoms with E-state index in [9.17, 15) is 13.6 Å². The van der Waals surface area contributed by atoms with E-state index in [0.717, 1.165) is 12.6 Å². The number of carbonyl (C=O) groups excluding carboxylic acids is 1. The van der Waals surface area contributed by atoms with Crippen LogP contribution in [0.3, 0.4) is 0 Å². The molecule has 0 aliphatic carbocycles. The van der Waals surface area contributed by atoms with Crippen LogP contribution in [0.4, 0.5) is 8.78 Å². The van der Waals surface area contributed by atoms with Gasteiger partial charge in [0.15, 0.2) is 17.3 Å². The number of hydrogen-bond acceptors (Lipinski definition) is 5. The van der Waals surface area contributed by atoms with Crippen LogP contribution in [-0.4, -0.2) is 39.4 Å². The van der Waals surface area contributed by atoms with Gasteiger partial charge in [0.1, 0.15) is 12.1 Å². The third-order valence-corrected chi connectivity index (χ3v) is 2.87. The molecular weight excluding hydrogens is 296 g/mol. The van der Waals surface area contributed by atoms with Gasteiger partial charge in [0.2, 0.25) is 0 Å². The predicted molar refractivity (Wildman–Crippen MR) is 71.8 cm³/mol.